The number of hydrogen-bond acceptors (Lipinski definition) is 1. The summed E-state index contributed by atoms with van der Waals surface area (Å²) in [5, 5.41) is 0. The number of allylic oxidation sites excluding steroid dienone is 6. The fraction of sp³-hybridized carbons (Fsp3) is 0.708. The first-order valence-electron chi connectivity index (χ1n) is 10.5. The van der Waals surface area contributed by atoms with Gasteiger partial charge in [0.25, 0.3) is 0 Å². The van der Waals surface area contributed by atoms with Gasteiger partial charge in [-0.05, 0) is 38.5 Å². The first-order chi connectivity index (χ1) is 12.0. The molecule has 144 valence electrons. The zero-order valence-corrected chi connectivity index (χ0v) is 17.4. The van der Waals surface area contributed by atoms with E-state index >= 15 is 0 Å². The van der Waals surface area contributed by atoms with Crippen molar-refractivity contribution in [3.63, 3.8) is 0 Å². The predicted molar refractivity (Wildman–Crippen MR) is 113 cm³/mol. The Balaban J connectivity index is 3.32. The molecule has 0 fully saturated rings. The highest BCUT2D eigenvalue weighted by molar-refractivity contribution is 5.83. The van der Waals surface area contributed by atoms with Crippen LogP contribution < -0.4 is 0 Å². The molecule has 0 saturated heterocycles. The molecule has 0 spiro atoms. The van der Waals surface area contributed by atoms with E-state index in [1.165, 1.54) is 44.9 Å². The average molecular weight is 347 g/mol. The van der Waals surface area contributed by atoms with Crippen LogP contribution in [0.4, 0.5) is 0 Å². The summed E-state index contributed by atoms with van der Waals surface area (Å²) in [6.45, 7) is 8.22. The summed E-state index contributed by atoms with van der Waals surface area (Å²) in [6, 6.07) is 0. The van der Waals surface area contributed by atoms with Gasteiger partial charge in [0.1, 0.15) is 5.78 Å². The summed E-state index contributed by atoms with van der Waals surface area (Å²) in [7, 11) is 0. The van der Waals surface area contributed by atoms with E-state index in [0.717, 1.165) is 32.1 Å². The van der Waals surface area contributed by atoms with Crippen LogP contribution >= 0.6 is 0 Å². The minimum Gasteiger partial charge on any atom is -0.299 e. The van der Waals surface area contributed by atoms with E-state index in [-0.39, 0.29) is 5.41 Å². The van der Waals surface area contributed by atoms with Gasteiger partial charge in [0.05, 0.1) is 0 Å². The molecule has 25 heavy (non-hydrogen) atoms. The SMILES string of the molecule is CC/C=C\C/C=C\C/C=C\CCCCCCCCCC(=O)C(C)(C)C. The standard InChI is InChI=1S/C24H42O/c1-5-6-7-8-9-10-11-12-13-14-15-16-17-18-19-20-21-22-23(25)24(2,3)4/h6-7,9-10,12-13H,5,8,11,14-22H2,1-4H3/b7-6-,10-9-,13-12-. The summed E-state index contributed by atoms with van der Waals surface area (Å²) in [6.07, 6.45) is 27.6. The van der Waals surface area contributed by atoms with Crippen LogP contribution in [0.2, 0.25) is 0 Å². The van der Waals surface area contributed by atoms with E-state index in [1.54, 1.807) is 0 Å². The fourth-order valence-corrected chi connectivity index (χ4v) is 2.63. The van der Waals surface area contributed by atoms with Crippen molar-refractivity contribution in [2.45, 2.75) is 105 Å². The molecule has 0 bridgehead atoms. The molecule has 0 amide bonds. The maximum Gasteiger partial charge on any atom is 0.138 e. The average Bonchev–Trinajstić information content (AvgIpc) is 2.56. The van der Waals surface area contributed by atoms with Crippen molar-refractivity contribution in [2.24, 2.45) is 5.41 Å². The van der Waals surface area contributed by atoms with E-state index < -0.39 is 0 Å². The Labute approximate surface area is 157 Å². The topological polar surface area (TPSA) is 17.1 Å². The summed E-state index contributed by atoms with van der Waals surface area (Å²) in [5.74, 6) is 0.409. The number of unbranched alkanes of at least 4 members (excludes halogenated alkanes) is 7. The molecule has 0 aliphatic rings. The van der Waals surface area contributed by atoms with Crippen molar-refractivity contribution >= 4 is 5.78 Å². The van der Waals surface area contributed by atoms with Crippen LogP contribution in [0.1, 0.15) is 105 Å². The van der Waals surface area contributed by atoms with Gasteiger partial charge in [-0.2, -0.15) is 0 Å². The Hall–Kier alpha value is -1.11. The molecule has 0 aromatic rings. The second-order valence-corrected chi connectivity index (χ2v) is 7.98. The molecule has 0 rings (SSSR count). The maximum atomic E-state index is 11.8. The van der Waals surface area contributed by atoms with E-state index in [0.29, 0.717) is 5.78 Å². The second-order valence-electron chi connectivity index (χ2n) is 7.98. The number of hydrogen-bond donors (Lipinski definition) is 0. The lowest BCUT2D eigenvalue weighted by molar-refractivity contribution is -0.126. The number of carbonyl (C=O) groups is 1. The Morgan fingerprint density at radius 3 is 1.72 bits per heavy atom. The Bertz CT molecular complexity index is 393. The van der Waals surface area contributed by atoms with Gasteiger partial charge in [-0.25, -0.2) is 0 Å². The van der Waals surface area contributed by atoms with Crippen molar-refractivity contribution in [1.29, 1.82) is 0 Å². The third-order valence-electron chi connectivity index (χ3n) is 4.39. The molecule has 0 aliphatic heterocycles. The van der Waals surface area contributed by atoms with Gasteiger partial charge in [-0.1, -0.05) is 96.3 Å². The highest BCUT2D eigenvalue weighted by Gasteiger charge is 2.19. The minimum absolute atomic E-state index is 0.157. The van der Waals surface area contributed by atoms with E-state index in [1.807, 2.05) is 20.8 Å². The minimum atomic E-state index is -0.157. The lowest BCUT2D eigenvalue weighted by Gasteiger charge is -2.16. The molecular formula is C24H42O. The van der Waals surface area contributed by atoms with Gasteiger partial charge in [-0.3, -0.25) is 4.79 Å². The summed E-state index contributed by atoms with van der Waals surface area (Å²) < 4.78 is 0. The van der Waals surface area contributed by atoms with Crippen LogP contribution in [0.15, 0.2) is 36.5 Å². The van der Waals surface area contributed by atoms with Gasteiger partial charge in [0, 0.05) is 11.8 Å². The van der Waals surface area contributed by atoms with Crippen LogP contribution in [0.25, 0.3) is 0 Å². The predicted octanol–water partition coefficient (Wildman–Crippen LogP) is 7.97. The molecule has 0 radical (unpaired) electrons. The highest BCUT2D eigenvalue weighted by atomic mass is 16.1. The zero-order chi connectivity index (χ0) is 18.8. The Kier molecular flexibility index (Phi) is 15.6. The molecule has 0 atom stereocenters. The number of carbonyl (C=O) groups excluding carboxylic acids is 1. The summed E-state index contributed by atoms with van der Waals surface area (Å²) >= 11 is 0. The highest BCUT2D eigenvalue weighted by Crippen LogP contribution is 2.19. The third kappa shape index (κ3) is 17.5. The second kappa shape index (κ2) is 16.4. The largest absolute Gasteiger partial charge is 0.299 e. The molecule has 1 heteroatoms. The molecule has 0 unspecified atom stereocenters. The van der Waals surface area contributed by atoms with Gasteiger partial charge in [-0.15, -0.1) is 0 Å². The van der Waals surface area contributed by atoms with Gasteiger partial charge < -0.3 is 0 Å². The lowest BCUT2D eigenvalue weighted by Crippen LogP contribution is -2.19. The molecular weight excluding hydrogens is 304 g/mol. The smallest absolute Gasteiger partial charge is 0.138 e. The Morgan fingerprint density at radius 1 is 0.680 bits per heavy atom. The molecule has 1 nitrogen and oxygen atoms in total. The van der Waals surface area contributed by atoms with Crippen molar-refractivity contribution in [2.75, 3.05) is 0 Å². The van der Waals surface area contributed by atoms with Crippen LogP contribution in [0.5, 0.6) is 0 Å². The molecule has 0 aromatic carbocycles. The molecule has 0 aromatic heterocycles. The Morgan fingerprint density at radius 2 is 1.16 bits per heavy atom. The van der Waals surface area contributed by atoms with Gasteiger partial charge >= 0.3 is 0 Å². The summed E-state index contributed by atoms with van der Waals surface area (Å²) in [4.78, 5) is 11.8. The van der Waals surface area contributed by atoms with Crippen molar-refractivity contribution < 1.29 is 4.79 Å². The van der Waals surface area contributed by atoms with Crippen LogP contribution in [-0.2, 0) is 4.79 Å². The zero-order valence-electron chi connectivity index (χ0n) is 17.4. The van der Waals surface area contributed by atoms with Crippen LogP contribution in [-0.4, -0.2) is 5.78 Å². The monoisotopic (exact) mass is 346 g/mol. The first-order valence-corrected chi connectivity index (χ1v) is 10.5. The summed E-state index contributed by atoms with van der Waals surface area (Å²) in [5.41, 5.74) is -0.157. The van der Waals surface area contributed by atoms with E-state index in [9.17, 15) is 4.79 Å². The van der Waals surface area contributed by atoms with Crippen LogP contribution in [0.3, 0.4) is 0 Å². The molecule has 0 aliphatic carbocycles. The van der Waals surface area contributed by atoms with Crippen molar-refractivity contribution in [3.05, 3.63) is 36.5 Å². The number of ketones is 1. The number of rotatable bonds is 15. The van der Waals surface area contributed by atoms with E-state index in [4.69, 9.17) is 0 Å². The third-order valence-corrected chi connectivity index (χ3v) is 4.39. The van der Waals surface area contributed by atoms with Crippen molar-refractivity contribution in [1.82, 2.24) is 0 Å². The molecule has 0 heterocycles. The van der Waals surface area contributed by atoms with Crippen LogP contribution in [0, 0.1) is 5.41 Å². The van der Waals surface area contributed by atoms with Gasteiger partial charge in [0.15, 0.2) is 0 Å². The van der Waals surface area contributed by atoms with E-state index in [2.05, 4.69) is 43.4 Å². The normalized spacial score (nSPS) is 12.8. The van der Waals surface area contributed by atoms with Crippen molar-refractivity contribution in [3.8, 4) is 0 Å². The number of Topliss-reactive ketones (excluding diaryl/α,β-unsaturated/α-hetero) is 1. The molecule has 0 saturated carbocycles. The maximum absolute atomic E-state index is 11.8. The quantitative estimate of drug-likeness (QED) is 0.217. The fourth-order valence-electron chi connectivity index (χ4n) is 2.63. The van der Waals surface area contributed by atoms with Gasteiger partial charge in [0.2, 0.25) is 0 Å². The lowest BCUT2D eigenvalue weighted by atomic mass is 9.88. The first kappa shape index (κ1) is 23.9. The molecule has 0 N–H and O–H groups in total.